The molecule has 0 radical (unpaired) electrons. The van der Waals surface area contributed by atoms with E-state index in [1.165, 1.54) is 32.8 Å². The molecule has 2 rings (SSSR count). The fourth-order valence-corrected chi connectivity index (χ4v) is 2.75. The highest BCUT2D eigenvalue weighted by Gasteiger charge is 2.17. The van der Waals surface area contributed by atoms with E-state index in [0.717, 1.165) is 23.8 Å². The van der Waals surface area contributed by atoms with Crippen LogP contribution in [0.15, 0.2) is 12.1 Å². The van der Waals surface area contributed by atoms with Crippen LogP contribution >= 0.6 is 0 Å². The van der Waals surface area contributed by atoms with Crippen LogP contribution in [0.5, 0.6) is 0 Å². The zero-order valence-corrected chi connectivity index (χ0v) is 12.6. The Morgan fingerprint density at radius 1 is 1.40 bits per heavy atom. The van der Waals surface area contributed by atoms with Crippen molar-refractivity contribution in [1.29, 1.82) is 0 Å². The molecule has 110 valence electrons. The molecule has 0 atom stereocenters. The Balaban J connectivity index is 2.12. The third-order valence-corrected chi connectivity index (χ3v) is 3.92. The number of carbonyl (C=O) groups is 1. The van der Waals surface area contributed by atoms with E-state index in [-0.39, 0.29) is 11.9 Å². The first-order chi connectivity index (χ1) is 9.61. The molecule has 0 spiro atoms. The van der Waals surface area contributed by atoms with Gasteiger partial charge < -0.3 is 10.1 Å². The Hall–Kier alpha value is -1.58. The van der Waals surface area contributed by atoms with Crippen molar-refractivity contribution in [3.8, 4) is 0 Å². The van der Waals surface area contributed by atoms with Crippen LogP contribution in [0.4, 0.5) is 5.69 Å². The molecule has 4 heteroatoms. The molecule has 1 N–H and O–H groups in total. The maximum absolute atomic E-state index is 11.6. The summed E-state index contributed by atoms with van der Waals surface area (Å²) in [6, 6.07) is 3.68. The quantitative estimate of drug-likeness (QED) is 0.835. The number of esters is 1. The first-order valence-electron chi connectivity index (χ1n) is 7.45. The molecule has 0 unspecified atom stereocenters. The summed E-state index contributed by atoms with van der Waals surface area (Å²) in [4.78, 5) is 16.0. The average Bonchev–Trinajstić information content (AvgIpc) is 2.97. The van der Waals surface area contributed by atoms with Crippen molar-refractivity contribution in [1.82, 2.24) is 4.98 Å². The fourth-order valence-electron chi connectivity index (χ4n) is 2.75. The third-order valence-electron chi connectivity index (χ3n) is 3.92. The van der Waals surface area contributed by atoms with Gasteiger partial charge in [0, 0.05) is 6.54 Å². The highest BCUT2D eigenvalue weighted by Crippen LogP contribution is 2.27. The van der Waals surface area contributed by atoms with Crippen LogP contribution in [0.2, 0.25) is 0 Å². The smallest absolute Gasteiger partial charge is 0.356 e. The molecule has 1 heterocycles. The van der Waals surface area contributed by atoms with Crippen LogP contribution < -0.4 is 5.32 Å². The predicted octanol–water partition coefficient (Wildman–Crippen LogP) is 3.59. The van der Waals surface area contributed by atoms with E-state index in [0.29, 0.717) is 5.69 Å². The first-order valence-corrected chi connectivity index (χ1v) is 7.45. The number of hydrogen-bond donors (Lipinski definition) is 1. The van der Waals surface area contributed by atoms with Gasteiger partial charge >= 0.3 is 5.97 Å². The number of ether oxygens (including phenoxy) is 1. The van der Waals surface area contributed by atoms with Gasteiger partial charge in [0.1, 0.15) is 5.69 Å². The van der Waals surface area contributed by atoms with Crippen LogP contribution in [0.1, 0.15) is 61.6 Å². The summed E-state index contributed by atoms with van der Waals surface area (Å²) >= 11 is 0. The van der Waals surface area contributed by atoms with Gasteiger partial charge in [-0.05, 0) is 36.8 Å². The molecule has 0 aliphatic heterocycles. The molecule has 1 saturated carbocycles. The molecule has 0 saturated heterocycles. The van der Waals surface area contributed by atoms with Crippen LogP contribution in [-0.2, 0) is 4.74 Å². The maximum Gasteiger partial charge on any atom is 0.356 e. The number of methoxy groups -OCH3 is 1. The fraction of sp³-hybridized carbons (Fsp3) is 0.625. The number of pyridine rings is 1. The minimum absolute atomic E-state index is 0.269. The van der Waals surface area contributed by atoms with E-state index >= 15 is 0 Å². The minimum Gasteiger partial charge on any atom is -0.464 e. The lowest BCUT2D eigenvalue weighted by atomic mass is 10.1. The third kappa shape index (κ3) is 3.50. The highest BCUT2D eigenvalue weighted by molar-refractivity contribution is 5.87. The van der Waals surface area contributed by atoms with Crippen molar-refractivity contribution in [3.05, 3.63) is 23.5 Å². The van der Waals surface area contributed by atoms with E-state index < -0.39 is 0 Å². The Morgan fingerprint density at radius 2 is 2.10 bits per heavy atom. The Kier molecular flexibility index (Phi) is 4.99. The van der Waals surface area contributed by atoms with E-state index in [1.54, 1.807) is 6.07 Å². The lowest BCUT2D eigenvalue weighted by molar-refractivity contribution is 0.0593. The van der Waals surface area contributed by atoms with E-state index in [9.17, 15) is 4.79 Å². The van der Waals surface area contributed by atoms with Gasteiger partial charge in [0.05, 0.1) is 18.5 Å². The number of nitrogens with zero attached hydrogens (tertiary/aromatic N) is 1. The normalized spacial score (nSPS) is 15.6. The van der Waals surface area contributed by atoms with Crippen molar-refractivity contribution in [2.75, 3.05) is 19.0 Å². The van der Waals surface area contributed by atoms with Crippen molar-refractivity contribution in [2.24, 2.45) is 5.92 Å². The summed E-state index contributed by atoms with van der Waals surface area (Å²) in [6.07, 6.45) is 5.33. The molecule has 1 fully saturated rings. The summed E-state index contributed by atoms with van der Waals surface area (Å²) in [5, 5.41) is 3.51. The Labute approximate surface area is 120 Å². The van der Waals surface area contributed by atoms with Crippen molar-refractivity contribution >= 4 is 11.7 Å². The maximum atomic E-state index is 11.6. The average molecular weight is 276 g/mol. The minimum atomic E-state index is -0.380. The van der Waals surface area contributed by atoms with Gasteiger partial charge in [-0.1, -0.05) is 26.7 Å². The summed E-state index contributed by atoms with van der Waals surface area (Å²) in [5.74, 6) is 0.662. The van der Waals surface area contributed by atoms with Gasteiger partial charge in [-0.2, -0.15) is 0 Å². The number of nitrogens with one attached hydrogen (secondary N) is 1. The van der Waals surface area contributed by atoms with Gasteiger partial charge in [-0.15, -0.1) is 0 Å². The molecule has 1 aromatic heterocycles. The molecule has 0 bridgehead atoms. The molecule has 4 nitrogen and oxygen atoms in total. The van der Waals surface area contributed by atoms with E-state index in [2.05, 4.69) is 24.1 Å². The number of aromatic nitrogens is 1. The number of hydrogen-bond acceptors (Lipinski definition) is 4. The SMILES string of the molecule is COC(=O)c1ccc(NCC2CCCC2)c(C(C)C)n1. The number of carbonyl (C=O) groups excluding carboxylic acids is 1. The van der Waals surface area contributed by atoms with Crippen molar-refractivity contribution < 1.29 is 9.53 Å². The van der Waals surface area contributed by atoms with E-state index in [4.69, 9.17) is 4.74 Å². The second-order valence-electron chi connectivity index (χ2n) is 5.81. The Bertz CT molecular complexity index is 466. The topological polar surface area (TPSA) is 51.2 Å². The van der Waals surface area contributed by atoms with Crippen molar-refractivity contribution in [2.45, 2.75) is 45.4 Å². The second-order valence-corrected chi connectivity index (χ2v) is 5.81. The molecular weight excluding hydrogens is 252 g/mol. The van der Waals surface area contributed by atoms with Gasteiger partial charge in [0.2, 0.25) is 0 Å². The van der Waals surface area contributed by atoms with Crippen LogP contribution in [0, 0.1) is 5.92 Å². The van der Waals surface area contributed by atoms with Crippen LogP contribution in [0.3, 0.4) is 0 Å². The predicted molar refractivity (Wildman–Crippen MR) is 80.1 cm³/mol. The molecule has 0 aromatic carbocycles. The molecule has 20 heavy (non-hydrogen) atoms. The molecule has 0 amide bonds. The zero-order chi connectivity index (χ0) is 14.5. The highest BCUT2D eigenvalue weighted by atomic mass is 16.5. The summed E-state index contributed by atoms with van der Waals surface area (Å²) in [7, 11) is 1.38. The Morgan fingerprint density at radius 3 is 2.70 bits per heavy atom. The zero-order valence-electron chi connectivity index (χ0n) is 12.6. The summed E-state index contributed by atoms with van der Waals surface area (Å²) in [5.41, 5.74) is 2.35. The number of anilines is 1. The largest absolute Gasteiger partial charge is 0.464 e. The van der Waals surface area contributed by atoms with Gasteiger partial charge in [0.15, 0.2) is 0 Å². The lowest BCUT2D eigenvalue weighted by Gasteiger charge is -2.17. The summed E-state index contributed by atoms with van der Waals surface area (Å²) < 4.78 is 4.73. The molecule has 1 aromatic rings. The van der Waals surface area contributed by atoms with Crippen molar-refractivity contribution in [3.63, 3.8) is 0 Å². The van der Waals surface area contributed by atoms with Crippen LogP contribution in [0.25, 0.3) is 0 Å². The first kappa shape index (κ1) is 14.8. The van der Waals surface area contributed by atoms with Gasteiger partial charge in [-0.25, -0.2) is 9.78 Å². The molecular formula is C16H24N2O2. The molecule has 1 aliphatic carbocycles. The van der Waals surface area contributed by atoms with E-state index in [1.807, 2.05) is 6.07 Å². The monoisotopic (exact) mass is 276 g/mol. The standard InChI is InChI=1S/C16H24N2O2/c1-11(2)15-13(17-10-12-6-4-5-7-12)8-9-14(18-15)16(19)20-3/h8-9,11-12,17H,4-7,10H2,1-3H3. The van der Waals surface area contributed by atoms with Gasteiger partial charge in [-0.3, -0.25) is 0 Å². The lowest BCUT2D eigenvalue weighted by Crippen LogP contribution is -2.15. The van der Waals surface area contributed by atoms with Gasteiger partial charge in [0.25, 0.3) is 0 Å². The molecule has 1 aliphatic rings. The van der Waals surface area contributed by atoms with Crippen LogP contribution in [-0.4, -0.2) is 24.6 Å². The number of rotatable bonds is 5. The second kappa shape index (κ2) is 6.73. The summed E-state index contributed by atoms with van der Waals surface area (Å²) in [6.45, 7) is 5.17.